The summed E-state index contributed by atoms with van der Waals surface area (Å²) in [7, 11) is 3.30. The second-order valence-corrected chi connectivity index (χ2v) is 17.9. The fourth-order valence-electron chi connectivity index (χ4n) is 8.86. The molecule has 7 rings (SSSR count). The number of esters is 1. The van der Waals surface area contributed by atoms with E-state index in [9.17, 15) is 9.59 Å². The van der Waals surface area contributed by atoms with Crippen LogP contribution in [-0.2, 0) is 77.4 Å². The number of methoxy groups -OCH3 is 2. The smallest absolute Gasteiger partial charge is 0.310 e. The van der Waals surface area contributed by atoms with E-state index in [0.29, 0.717) is 57.2 Å². The summed E-state index contributed by atoms with van der Waals surface area (Å²) in [6.07, 6.45) is -0.278. The van der Waals surface area contributed by atoms with Crippen LogP contribution in [0.3, 0.4) is 0 Å². The monoisotopic (exact) mass is 1000 g/mol. The van der Waals surface area contributed by atoms with Crippen LogP contribution in [0.1, 0.15) is 71.6 Å². The summed E-state index contributed by atoms with van der Waals surface area (Å²) in [5.74, 6) is 1.37. The summed E-state index contributed by atoms with van der Waals surface area (Å²) in [6.45, 7) is 7.20. The molecule has 6 aromatic carbocycles. The number of ether oxygens (including phenoxy) is 8. The van der Waals surface area contributed by atoms with Crippen molar-refractivity contribution >= 4 is 22.6 Å². The summed E-state index contributed by atoms with van der Waals surface area (Å²) >= 11 is 0. The van der Waals surface area contributed by atoms with Gasteiger partial charge in [0, 0.05) is 43.0 Å². The van der Waals surface area contributed by atoms with Crippen molar-refractivity contribution in [2.24, 2.45) is 0 Å². The van der Waals surface area contributed by atoms with Crippen LogP contribution in [0.25, 0.3) is 10.8 Å². The summed E-state index contributed by atoms with van der Waals surface area (Å²) in [5.41, 5.74) is 6.13. The molecule has 0 aliphatic carbocycles. The number of carbonyl (C=O) groups excluding carboxylic acids is 2. The quantitative estimate of drug-likeness (QED) is 0.0271. The number of hydrogen-bond acceptors (Lipinski definition) is 14. The highest BCUT2D eigenvalue weighted by molar-refractivity contribution is 5.89. The van der Waals surface area contributed by atoms with E-state index < -0.39 is 18.3 Å². The van der Waals surface area contributed by atoms with E-state index in [-0.39, 0.29) is 68.9 Å². The van der Waals surface area contributed by atoms with E-state index in [1.807, 2.05) is 129 Å². The Balaban J connectivity index is 1.10. The molecule has 6 aromatic rings. The Labute approximate surface area is 427 Å². The van der Waals surface area contributed by atoms with Crippen LogP contribution in [0.15, 0.2) is 133 Å². The molecule has 1 fully saturated rings. The molecule has 15 nitrogen and oxygen atoms in total. The molecule has 1 heterocycles. The van der Waals surface area contributed by atoms with Crippen molar-refractivity contribution in [2.45, 2.75) is 90.2 Å². The van der Waals surface area contributed by atoms with Gasteiger partial charge in [0.1, 0.15) is 23.4 Å². The minimum absolute atomic E-state index is 0.0699. The first-order valence-electron chi connectivity index (χ1n) is 24.9. The van der Waals surface area contributed by atoms with Gasteiger partial charge in [0.2, 0.25) is 5.91 Å². The normalized spacial score (nSPS) is 16.1. The van der Waals surface area contributed by atoms with Crippen LogP contribution in [0.2, 0.25) is 0 Å². The first-order valence-corrected chi connectivity index (χ1v) is 24.9. The Bertz CT molecular complexity index is 2630. The molecule has 1 aliphatic heterocycles. The number of benzene rings is 6. The van der Waals surface area contributed by atoms with Crippen LogP contribution < -0.4 is 14.2 Å². The maximum atomic E-state index is 14.4. The van der Waals surface area contributed by atoms with Crippen molar-refractivity contribution in [1.82, 2.24) is 10.3 Å². The highest BCUT2D eigenvalue weighted by atomic mass is 17.1. The van der Waals surface area contributed by atoms with Gasteiger partial charge >= 0.3 is 5.97 Å². The molecular formula is C58H68N2O13. The Morgan fingerprint density at radius 3 is 2.01 bits per heavy atom. The van der Waals surface area contributed by atoms with Crippen molar-refractivity contribution in [1.29, 1.82) is 0 Å². The van der Waals surface area contributed by atoms with E-state index >= 15 is 0 Å². The fraction of sp³-hybridized carbons (Fsp3) is 0.379. The van der Waals surface area contributed by atoms with Gasteiger partial charge in [-0.2, -0.15) is 0 Å². The van der Waals surface area contributed by atoms with Crippen LogP contribution >= 0.6 is 0 Å². The first kappa shape index (κ1) is 54.4. The van der Waals surface area contributed by atoms with E-state index in [1.165, 1.54) is 0 Å². The first-order chi connectivity index (χ1) is 35.6. The second kappa shape index (κ2) is 28.2. The summed E-state index contributed by atoms with van der Waals surface area (Å²) in [4.78, 5) is 34.3. The number of fused-ring (bicyclic) bond motifs is 1. The summed E-state index contributed by atoms with van der Waals surface area (Å²) in [5, 5.41) is 19.7. The molecule has 73 heavy (non-hydrogen) atoms. The van der Waals surface area contributed by atoms with Gasteiger partial charge in [-0.15, -0.1) is 0 Å². The molecule has 0 aromatic heterocycles. The number of carbonyl (C=O) groups is 2. The minimum Gasteiger partial charge on any atom is -0.496 e. The van der Waals surface area contributed by atoms with Gasteiger partial charge in [0.05, 0.1) is 90.9 Å². The highest BCUT2D eigenvalue weighted by Gasteiger charge is 2.41. The number of amides is 1. The molecule has 4 atom stereocenters. The van der Waals surface area contributed by atoms with Gasteiger partial charge in [-0.3, -0.25) is 20.0 Å². The number of nitrogens with zero attached hydrogens (tertiary/aromatic N) is 2. The van der Waals surface area contributed by atoms with Crippen molar-refractivity contribution in [2.75, 3.05) is 53.7 Å². The molecule has 0 saturated carbocycles. The topological polar surface area (TPSA) is 164 Å². The molecule has 2 N–H and O–H groups in total. The molecular weight excluding hydrogens is 933 g/mol. The Kier molecular flexibility index (Phi) is 21.0. The van der Waals surface area contributed by atoms with Crippen LogP contribution in [0, 0.1) is 0 Å². The van der Waals surface area contributed by atoms with Crippen LogP contribution in [0.5, 0.6) is 17.2 Å². The standard InChI is InChI=1S/C58H68N2O13/c1-5-49(73-57(62)33-42-18-20-43(21-19-42)36-67-6-2)40-71-55-35-59(56(61)32-41-16-22-44(23-17-41)38-72-60(63)64)34-54(70-37-45-30-47-12-7-9-14-51(47)53(31-45)66-4)58(55)46-24-26-50(27-25-46)69-29-11-28-68-39-48-13-8-10-15-52(48)65-3/h7-10,12-27,30-31,49,54-55,58,63-64H,5-6,11,28-29,32-40H2,1-4H3. The molecule has 15 heteroatoms. The Hall–Kier alpha value is -6.40. The number of piperidine rings is 1. The number of hydrogen-bond donors (Lipinski definition) is 2. The van der Waals surface area contributed by atoms with E-state index in [0.717, 1.165) is 55.7 Å². The number of rotatable bonds is 28. The van der Waals surface area contributed by atoms with Gasteiger partial charge in [-0.25, -0.2) is 4.84 Å². The lowest BCUT2D eigenvalue weighted by Crippen LogP contribution is -2.55. The zero-order valence-electron chi connectivity index (χ0n) is 42.2. The fourth-order valence-corrected chi connectivity index (χ4v) is 8.86. The Morgan fingerprint density at radius 2 is 1.32 bits per heavy atom. The second-order valence-electron chi connectivity index (χ2n) is 17.9. The molecule has 4 unspecified atom stereocenters. The van der Waals surface area contributed by atoms with Gasteiger partial charge in [-0.05, 0) is 82.4 Å². The number of para-hydroxylation sites is 1. The third-order valence-electron chi connectivity index (χ3n) is 12.8. The average molecular weight is 1000 g/mol. The van der Waals surface area contributed by atoms with Gasteiger partial charge in [-0.1, -0.05) is 110 Å². The van der Waals surface area contributed by atoms with Crippen LogP contribution in [-0.4, -0.2) is 105 Å². The third-order valence-corrected chi connectivity index (χ3v) is 12.8. The minimum atomic E-state index is -0.578. The van der Waals surface area contributed by atoms with E-state index in [2.05, 4.69) is 6.07 Å². The summed E-state index contributed by atoms with van der Waals surface area (Å²) in [6, 6.07) is 42.7. The lowest BCUT2D eigenvalue weighted by Gasteiger charge is -2.44. The van der Waals surface area contributed by atoms with Gasteiger partial charge < -0.3 is 42.8 Å². The maximum Gasteiger partial charge on any atom is 0.310 e. The molecule has 0 radical (unpaired) electrons. The van der Waals surface area contributed by atoms with Crippen molar-refractivity contribution in [3.8, 4) is 17.2 Å². The predicted molar refractivity (Wildman–Crippen MR) is 273 cm³/mol. The van der Waals surface area contributed by atoms with Crippen molar-refractivity contribution in [3.63, 3.8) is 0 Å². The molecule has 388 valence electrons. The largest absolute Gasteiger partial charge is 0.496 e. The maximum absolute atomic E-state index is 14.4. The zero-order valence-corrected chi connectivity index (χ0v) is 42.2. The molecule has 1 saturated heterocycles. The molecule has 1 aliphatic rings. The zero-order chi connectivity index (χ0) is 51.4. The molecule has 0 bridgehead atoms. The molecule has 1 amide bonds. The van der Waals surface area contributed by atoms with Crippen molar-refractivity contribution in [3.05, 3.63) is 172 Å². The Morgan fingerprint density at radius 1 is 0.658 bits per heavy atom. The van der Waals surface area contributed by atoms with Gasteiger partial charge in [0.25, 0.3) is 0 Å². The van der Waals surface area contributed by atoms with Crippen LogP contribution in [0.4, 0.5) is 0 Å². The third kappa shape index (κ3) is 16.3. The van der Waals surface area contributed by atoms with Crippen molar-refractivity contribution < 1.29 is 62.7 Å². The lowest BCUT2D eigenvalue weighted by atomic mass is 9.84. The van der Waals surface area contributed by atoms with E-state index in [4.69, 9.17) is 53.1 Å². The van der Waals surface area contributed by atoms with E-state index in [1.54, 1.807) is 31.3 Å². The average Bonchev–Trinajstić information content (AvgIpc) is 3.41. The van der Waals surface area contributed by atoms with Gasteiger partial charge in [0.15, 0.2) is 0 Å². The number of likely N-dealkylation sites (tertiary alicyclic amines) is 1. The molecule has 0 spiro atoms. The summed E-state index contributed by atoms with van der Waals surface area (Å²) < 4.78 is 48.7. The SMILES string of the molecule is CCOCc1ccc(CC(=O)OC(CC)COC2CN(C(=O)Cc3ccc(CON(O)O)cc3)CC(OCc3cc(OC)c4ccccc4c3)C2c2ccc(OCCCOCc3ccccc3OC)cc2)cc1. The predicted octanol–water partition coefficient (Wildman–Crippen LogP) is 9.59. The lowest BCUT2D eigenvalue weighted by molar-refractivity contribution is -0.497. The highest BCUT2D eigenvalue weighted by Crippen LogP contribution is 2.36.